The molecule has 6 atom stereocenters. The molecule has 142 valence electrons. The number of fused-ring (bicyclic) bond motifs is 5. The summed E-state index contributed by atoms with van der Waals surface area (Å²) in [5.41, 5.74) is 0.877. The highest BCUT2D eigenvalue weighted by Gasteiger charge is 2.59. The van der Waals surface area contributed by atoms with Crippen molar-refractivity contribution in [2.75, 3.05) is 0 Å². The van der Waals surface area contributed by atoms with Crippen LogP contribution >= 0.6 is 0 Å². The number of hydrogen-bond donors (Lipinski definition) is 1. The molecule has 4 aliphatic rings. The maximum absolute atomic E-state index is 12.5. The van der Waals surface area contributed by atoms with Crippen molar-refractivity contribution in [2.45, 2.75) is 71.3 Å². The Morgan fingerprint density at radius 1 is 1.31 bits per heavy atom. The lowest BCUT2D eigenvalue weighted by Gasteiger charge is -2.56. The van der Waals surface area contributed by atoms with Gasteiger partial charge in [-0.2, -0.15) is 0 Å². The highest BCUT2D eigenvalue weighted by Crippen LogP contribution is 2.63. The topological polar surface area (TPSA) is 76.0 Å². The van der Waals surface area contributed by atoms with Crippen LogP contribution in [0.3, 0.4) is 0 Å². The third-order valence-electron chi connectivity index (χ3n) is 7.99. The number of ether oxygens (including phenoxy) is 1. The van der Waals surface area contributed by atoms with Gasteiger partial charge in [0.15, 0.2) is 0 Å². The smallest absolute Gasteiger partial charge is 0.302 e. The maximum atomic E-state index is 12.5. The molecule has 4 rings (SSSR count). The van der Waals surface area contributed by atoms with E-state index in [2.05, 4.69) is 18.2 Å². The number of nitrogens with zero attached hydrogens (tertiary/aromatic N) is 1. The van der Waals surface area contributed by atoms with Crippen molar-refractivity contribution in [3.63, 3.8) is 0 Å². The van der Waals surface area contributed by atoms with E-state index in [1.165, 1.54) is 12.5 Å². The van der Waals surface area contributed by atoms with E-state index in [4.69, 9.17) is 4.74 Å². The van der Waals surface area contributed by atoms with Gasteiger partial charge in [-0.05, 0) is 56.3 Å². The van der Waals surface area contributed by atoms with Crippen molar-refractivity contribution < 1.29 is 19.5 Å². The molecule has 4 aliphatic carbocycles. The Kier molecular flexibility index (Phi) is 4.24. The zero-order valence-corrected chi connectivity index (χ0v) is 15.7. The zero-order chi connectivity index (χ0) is 18.5. The molecule has 26 heavy (non-hydrogen) atoms. The molecule has 0 bridgehead atoms. The largest absolute Gasteiger partial charge is 0.462 e. The Hall–Kier alpha value is -1.65. The first-order valence-electron chi connectivity index (χ1n) is 9.99. The van der Waals surface area contributed by atoms with Gasteiger partial charge < -0.3 is 9.94 Å². The van der Waals surface area contributed by atoms with E-state index in [1.807, 2.05) is 0 Å². The van der Waals surface area contributed by atoms with Gasteiger partial charge in [0.2, 0.25) is 0 Å². The van der Waals surface area contributed by atoms with Crippen molar-refractivity contribution in [2.24, 2.45) is 33.7 Å². The van der Waals surface area contributed by atoms with Crippen LogP contribution in [0.4, 0.5) is 0 Å². The second-order valence-electron chi connectivity index (χ2n) is 9.02. The first kappa shape index (κ1) is 17.7. The van der Waals surface area contributed by atoms with Crippen LogP contribution in [-0.4, -0.2) is 29.3 Å². The molecule has 3 saturated carbocycles. The van der Waals surface area contributed by atoms with Gasteiger partial charge in [-0.1, -0.05) is 18.6 Å². The number of hydrogen-bond acceptors (Lipinski definition) is 5. The Morgan fingerprint density at radius 2 is 2.12 bits per heavy atom. The lowest BCUT2D eigenvalue weighted by atomic mass is 9.48. The highest BCUT2D eigenvalue weighted by atomic mass is 16.5. The van der Waals surface area contributed by atoms with E-state index in [0.29, 0.717) is 23.5 Å². The second-order valence-corrected chi connectivity index (χ2v) is 9.02. The predicted octanol–water partition coefficient (Wildman–Crippen LogP) is 3.89. The van der Waals surface area contributed by atoms with Gasteiger partial charge in [-0.15, -0.1) is 5.16 Å². The molecule has 5 nitrogen and oxygen atoms in total. The summed E-state index contributed by atoms with van der Waals surface area (Å²) in [6.45, 7) is 3.63. The summed E-state index contributed by atoms with van der Waals surface area (Å²) in [5, 5.41) is 12.9. The summed E-state index contributed by atoms with van der Waals surface area (Å²) in [6.07, 6.45) is 11.0. The number of allylic oxidation sites excluding steroid dienone is 1. The molecule has 0 aromatic rings. The minimum Gasteiger partial charge on any atom is -0.462 e. The average Bonchev–Trinajstić information content (AvgIpc) is 2.90. The second kappa shape index (κ2) is 6.21. The zero-order valence-electron chi connectivity index (χ0n) is 15.7. The summed E-state index contributed by atoms with van der Waals surface area (Å²) in [4.78, 5) is 23.9. The molecule has 1 N–H and O–H groups in total. The van der Waals surface area contributed by atoms with Crippen molar-refractivity contribution >= 4 is 18.0 Å². The third-order valence-corrected chi connectivity index (χ3v) is 7.99. The summed E-state index contributed by atoms with van der Waals surface area (Å²) in [5.74, 6) is 1.55. The van der Waals surface area contributed by atoms with Gasteiger partial charge in [0.1, 0.15) is 11.9 Å². The van der Waals surface area contributed by atoms with Crippen LogP contribution < -0.4 is 0 Å². The first-order chi connectivity index (χ1) is 12.4. The van der Waals surface area contributed by atoms with Gasteiger partial charge in [-0.25, -0.2) is 0 Å². The van der Waals surface area contributed by atoms with Crippen molar-refractivity contribution in [1.29, 1.82) is 0 Å². The quantitative estimate of drug-likeness (QED) is 0.267. The molecule has 3 fully saturated rings. The van der Waals surface area contributed by atoms with E-state index in [1.54, 1.807) is 6.21 Å². The number of oxime groups is 1. The number of ketones is 1. The van der Waals surface area contributed by atoms with Gasteiger partial charge >= 0.3 is 5.97 Å². The summed E-state index contributed by atoms with van der Waals surface area (Å²) >= 11 is 0. The molecular weight excluding hydrogens is 330 g/mol. The fourth-order valence-electron chi connectivity index (χ4n) is 6.78. The molecule has 0 aromatic carbocycles. The van der Waals surface area contributed by atoms with Gasteiger partial charge in [0.05, 0.1) is 6.21 Å². The summed E-state index contributed by atoms with van der Waals surface area (Å²) in [7, 11) is 0. The van der Waals surface area contributed by atoms with Gasteiger partial charge in [-0.3, -0.25) is 9.59 Å². The fraction of sp³-hybridized carbons (Fsp3) is 0.762. The lowest BCUT2D eigenvalue weighted by molar-refractivity contribution is -0.148. The molecule has 0 aromatic heterocycles. The molecule has 0 radical (unpaired) electrons. The minimum atomic E-state index is -0.235. The van der Waals surface area contributed by atoms with Crippen LogP contribution in [-0.2, 0) is 14.3 Å². The molecule has 5 heteroatoms. The van der Waals surface area contributed by atoms with Gasteiger partial charge in [0, 0.05) is 30.6 Å². The SMILES string of the molecule is CC(=O)O[C@H]1CC[C@@]2(C=NO)C(=CC[C@H]3[C@H]2CC[C@]2(C)C(=O)CC[C@H]32)C1. The number of carbonyl (C=O) groups is 2. The minimum absolute atomic E-state index is 0.0718. The van der Waals surface area contributed by atoms with E-state index >= 15 is 0 Å². The third kappa shape index (κ3) is 2.46. The number of carbonyl (C=O) groups excluding carboxylic acids is 2. The highest BCUT2D eigenvalue weighted by molar-refractivity contribution is 5.87. The molecule has 0 spiro atoms. The van der Waals surface area contributed by atoms with Crippen LogP contribution in [0.15, 0.2) is 16.8 Å². The van der Waals surface area contributed by atoms with Crippen molar-refractivity contribution in [1.82, 2.24) is 0 Å². The lowest BCUT2D eigenvalue weighted by Crippen LogP contribution is -2.52. The molecule has 0 amide bonds. The standard InChI is InChI=1S/C21H29NO4/c1-13(23)26-15-7-10-21(12-22-25)14(11-15)3-4-16-17-5-6-19(24)20(17,2)9-8-18(16)21/h3,12,15-18,25H,4-11H2,1-2H3/t15-,16+,17+,18+,20-,21+/m0/s1. The van der Waals surface area contributed by atoms with Crippen LogP contribution in [0, 0.1) is 28.6 Å². The molecule has 0 unspecified atom stereocenters. The molecule has 0 heterocycles. The molecule has 0 aliphatic heterocycles. The van der Waals surface area contributed by atoms with Crippen molar-refractivity contribution in [3.05, 3.63) is 11.6 Å². The Balaban J connectivity index is 1.67. The average molecular weight is 359 g/mol. The summed E-state index contributed by atoms with van der Waals surface area (Å²) in [6, 6.07) is 0. The monoisotopic (exact) mass is 359 g/mol. The van der Waals surface area contributed by atoms with E-state index in [9.17, 15) is 14.8 Å². The van der Waals surface area contributed by atoms with Gasteiger partial charge in [0.25, 0.3) is 0 Å². The Morgan fingerprint density at radius 3 is 2.85 bits per heavy atom. The van der Waals surface area contributed by atoms with Crippen molar-refractivity contribution in [3.8, 4) is 0 Å². The van der Waals surface area contributed by atoms with E-state index < -0.39 is 0 Å². The molecule has 0 saturated heterocycles. The van der Waals surface area contributed by atoms with Crippen LogP contribution in [0.2, 0.25) is 0 Å². The molecular formula is C21H29NO4. The number of rotatable bonds is 2. The Bertz CT molecular complexity index is 683. The summed E-state index contributed by atoms with van der Waals surface area (Å²) < 4.78 is 5.47. The van der Waals surface area contributed by atoms with Crippen LogP contribution in [0.1, 0.15) is 65.2 Å². The Labute approximate surface area is 154 Å². The van der Waals surface area contributed by atoms with Crippen LogP contribution in [0.25, 0.3) is 0 Å². The van der Waals surface area contributed by atoms with Crippen LogP contribution in [0.5, 0.6) is 0 Å². The normalized spacial score (nSPS) is 44.8. The fourth-order valence-corrected chi connectivity index (χ4v) is 6.78. The number of Topliss-reactive ketones (excluding diaryl/α,β-unsaturated/α-hetero) is 1. The number of esters is 1. The first-order valence-corrected chi connectivity index (χ1v) is 9.99. The maximum Gasteiger partial charge on any atom is 0.302 e. The predicted molar refractivity (Wildman–Crippen MR) is 96.9 cm³/mol. The van der Waals surface area contributed by atoms with E-state index in [-0.39, 0.29) is 22.9 Å². The van der Waals surface area contributed by atoms with E-state index in [0.717, 1.165) is 51.4 Å².